The quantitative estimate of drug-likeness (QED) is 0.898. The van der Waals surface area contributed by atoms with Crippen LogP contribution in [0.1, 0.15) is 20.3 Å². The zero-order valence-corrected chi connectivity index (χ0v) is 11.2. The van der Waals surface area contributed by atoms with E-state index < -0.39 is 11.4 Å². The number of para-hydroxylation sites is 1. The van der Waals surface area contributed by atoms with Gasteiger partial charge in [0.15, 0.2) is 0 Å². The third kappa shape index (κ3) is 3.85. The van der Waals surface area contributed by atoms with E-state index in [0.717, 1.165) is 4.47 Å². The number of carbonyl (C=O) groups excluding carboxylic acids is 1. The second-order valence-corrected chi connectivity index (χ2v) is 5.25. The molecule has 4 nitrogen and oxygen atoms in total. The lowest BCUT2D eigenvalue weighted by molar-refractivity contribution is -0.148. The highest BCUT2D eigenvalue weighted by molar-refractivity contribution is 9.10. The van der Waals surface area contributed by atoms with Gasteiger partial charge in [0.1, 0.15) is 0 Å². The lowest BCUT2D eigenvalue weighted by atomic mass is 9.89. The largest absolute Gasteiger partial charge is 0.481 e. The van der Waals surface area contributed by atoms with Crippen LogP contribution >= 0.6 is 15.9 Å². The Morgan fingerprint density at radius 3 is 2.47 bits per heavy atom. The van der Waals surface area contributed by atoms with Gasteiger partial charge in [-0.2, -0.15) is 0 Å². The Labute approximate surface area is 108 Å². The van der Waals surface area contributed by atoms with Gasteiger partial charge in [0, 0.05) is 10.9 Å². The summed E-state index contributed by atoms with van der Waals surface area (Å²) in [5.41, 5.74) is -0.426. The highest BCUT2D eigenvalue weighted by atomic mass is 79.9. The van der Waals surface area contributed by atoms with E-state index in [2.05, 4.69) is 21.2 Å². The molecule has 2 N–H and O–H groups in total. The Kier molecular flexibility index (Phi) is 4.28. The van der Waals surface area contributed by atoms with Gasteiger partial charge in [-0.25, -0.2) is 0 Å². The normalized spacial score (nSPS) is 11.0. The number of carbonyl (C=O) groups is 2. The van der Waals surface area contributed by atoms with Crippen LogP contribution in [0.4, 0.5) is 5.69 Å². The van der Waals surface area contributed by atoms with Crippen molar-refractivity contribution in [1.29, 1.82) is 0 Å². The molecule has 17 heavy (non-hydrogen) atoms. The zero-order valence-electron chi connectivity index (χ0n) is 9.66. The Morgan fingerprint density at radius 1 is 1.35 bits per heavy atom. The van der Waals surface area contributed by atoms with Gasteiger partial charge >= 0.3 is 5.97 Å². The number of benzene rings is 1. The topological polar surface area (TPSA) is 66.4 Å². The second kappa shape index (κ2) is 5.31. The fourth-order valence-corrected chi connectivity index (χ4v) is 1.62. The molecule has 1 aromatic carbocycles. The van der Waals surface area contributed by atoms with Crippen LogP contribution in [0.5, 0.6) is 0 Å². The minimum Gasteiger partial charge on any atom is -0.481 e. The van der Waals surface area contributed by atoms with Crippen LogP contribution in [0.2, 0.25) is 0 Å². The van der Waals surface area contributed by atoms with Crippen LogP contribution in [0.25, 0.3) is 0 Å². The van der Waals surface area contributed by atoms with Crippen molar-refractivity contribution < 1.29 is 14.7 Å². The van der Waals surface area contributed by atoms with Crippen molar-refractivity contribution in [3.63, 3.8) is 0 Å². The second-order valence-electron chi connectivity index (χ2n) is 4.39. The molecule has 0 radical (unpaired) electrons. The van der Waals surface area contributed by atoms with E-state index in [1.807, 2.05) is 6.07 Å². The third-order valence-corrected chi connectivity index (χ3v) is 3.02. The minimum atomic E-state index is -1.06. The molecule has 5 heteroatoms. The van der Waals surface area contributed by atoms with Gasteiger partial charge in [-0.15, -0.1) is 0 Å². The molecule has 0 atom stereocenters. The molecule has 0 heterocycles. The molecule has 1 amide bonds. The van der Waals surface area contributed by atoms with Gasteiger partial charge in [-0.05, 0) is 41.9 Å². The average Bonchev–Trinajstić information content (AvgIpc) is 2.20. The number of nitrogens with one attached hydrogen (secondary N) is 1. The van der Waals surface area contributed by atoms with E-state index in [9.17, 15) is 9.59 Å². The van der Waals surface area contributed by atoms with Crippen LogP contribution in [0.3, 0.4) is 0 Å². The molecule has 0 fully saturated rings. The van der Waals surface area contributed by atoms with Crippen molar-refractivity contribution in [2.45, 2.75) is 20.3 Å². The first-order valence-electron chi connectivity index (χ1n) is 5.11. The van der Waals surface area contributed by atoms with Crippen LogP contribution in [-0.2, 0) is 9.59 Å². The summed E-state index contributed by atoms with van der Waals surface area (Å²) in [5, 5.41) is 11.6. The summed E-state index contributed by atoms with van der Waals surface area (Å²) in [6, 6.07) is 7.18. The molecule has 0 saturated carbocycles. The van der Waals surface area contributed by atoms with E-state index in [4.69, 9.17) is 5.11 Å². The van der Waals surface area contributed by atoms with Gasteiger partial charge in [0.05, 0.1) is 11.1 Å². The summed E-state index contributed by atoms with van der Waals surface area (Å²) in [5.74, 6) is -1.30. The monoisotopic (exact) mass is 299 g/mol. The van der Waals surface area contributed by atoms with Crippen molar-refractivity contribution in [2.24, 2.45) is 5.41 Å². The SMILES string of the molecule is CC(C)(CC(=O)Nc1ccccc1Br)C(=O)O. The Hall–Kier alpha value is -1.36. The van der Waals surface area contributed by atoms with Gasteiger partial charge < -0.3 is 10.4 Å². The smallest absolute Gasteiger partial charge is 0.309 e. The minimum absolute atomic E-state index is 0.0658. The first-order valence-corrected chi connectivity index (χ1v) is 5.90. The van der Waals surface area contributed by atoms with Crippen LogP contribution in [0.15, 0.2) is 28.7 Å². The number of aliphatic carboxylic acids is 1. The summed E-state index contributed by atoms with van der Waals surface area (Å²) in [7, 11) is 0. The fourth-order valence-electron chi connectivity index (χ4n) is 1.23. The van der Waals surface area contributed by atoms with E-state index in [-0.39, 0.29) is 12.3 Å². The van der Waals surface area contributed by atoms with Crippen molar-refractivity contribution >= 4 is 33.5 Å². The molecule has 0 bridgehead atoms. The molecule has 0 spiro atoms. The highest BCUT2D eigenvalue weighted by Gasteiger charge is 2.30. The molecule has 0 unspecified atom stereocenters. The molecule has 0 aliphatic heterocycles. The number of carboxylic acids is 1. The van der Waals surface area contributed by atoms with Gasteiger partial charge in [-0.3, -0.25) is 9.59 Å². The summed E-state index contributed by atoms with van der Waals surface area (Å²) in [6.45, 7) is 3.05. The van der Waals surface area contributed by atoms with Gasteiger partial charge in [0.2, 0.25) is 5.91 Å². The number of hydrogen-bond acceptors (Lipinski definition) is 2. The standard InChI is InChI=1S/C12H14BrNO3/c1-12(2,11(16)17)7-10(15)14-9-6-4-3-5-8(9)13/h3-6H,7H2,1-2H3,(H,14,15)(H,16,17). The molecule has 0 saturated heterocycles. The van der Waals surface area contributed by atoms with Crippen LogP contribution in [-0.4, -0.2) is 17.0 Å². The number of halogens is 1. The zero-order chi connectivity index (χ0) is 13.1. The molecule has 0 aliphatic carbocycles. The summed E-state index contributed by atoms with van der Waals surface area (Å²) < 4.78 is 0.765. The van der Waals surface area contributed by atoms with Crippen molar-refractivity contribution in [2.75, 3.05) is 5.32 Å². The van der Waals surface area contributed by atoms with Gasteiger partial charge in [-0.1, -0.05) is 12.1 Å². The Bertz CT molecular complexity index is 443. The first kappa shape index (κ1) is 13.7. The van der Waals surface area contributed by atoms with Crippen molar-refractivity contribution in [1.82, 2.24) is 0 Å². The van der Waals surface area contributed by atoms with E-state index in [1.165, 1.54) is 13.8 Å². The number of carboxylic acid groups (broad SMARTS) is 1. The first-order chi connectivity index (χ1) is 7.83. The Balaban J connectivity index is 2.69. The molecule has 1 rings (SSSR count). The summed E-state index contributed by atoms with van der Waals surface area (Å²) >= 11 is 3.30. The van der Waals surface area contributed by atoms with Crippen molar-refractivity contribution in [3.05, 3.63) is 28.7 Å². The maximum atomic E-state index is 11.7. The fraction of sp³-hybridized carbons (Fsp3) is 0.333. The molecule has 92 valence electrons. The van der Waals surface area contributed by atoms with E-state index in [1.54, 1.807) is 18.2 Å². The average molecular weight is 300 g/mol. The lowest BCUT2D eigenvalue weighted by Gasteiger charge is -2.18. The van der Waals surface area contributed by atoms with E-state index in [0.29, 0.717) is 5.69 Å². The Morgan fingerprint density at radius 2 is 1.94 bits per heavy atom. The number of rotatable bonds is 4. The lowest BCUT2D eigenvalue weighted by Crippen LogP contribution is -2.29. The molecular formula is C12H14BrNO3. The number of amides is 1. The predicted octanol–water partition coefficient (Wildman–Crippen LogP) is 2.89. The van der Waals surface area contributed by atoms with Crippen LogP contribution < -0.4 is 5.32 Å². The highest BCUT2D eigenvalue weighted by Crippen LogP contribution is 2.24. The third-order valence-electron chi connectivity index (χ3n) is 2.33. The number of anilines is 1. The molecular weight excluding hydrogens is 286 g/mol. The maximum absolute atomic E-state index is 11.7. The maximum Gasteiger partial charge on any atom is 0.309 e. The number of hydrogen-bond donors (Lipinski definition) is 2. The summed E-state index contributed by atoms with van der Waals surface area (Å²) in [4.78, 5) is 22.6. The summed E-state index contributed by atoms with van der Waals surface area (Å²) in [6.07, 6.45) is -0.0658. The molecule has 0 aromatic heterocycles. The van der Waals surface area contributed by atoms with E-state index >= 15 is 0 Å². The predicted molar refractivity (Wildman–Crippen MR) is 68.8 cm³/mol. The van der Waals surface area contributed by atoms with Crippen molar-refractivity contribution in [3.8, 4) is 0 Å². The molecule has 1 aromatic rings. The molecule has 0 aliphatic rings. The van der Waals surface area contributed by atoms with Crippen LogP contribution in [0, 0.1) is 5.41 Å². The van der Waals surface area contributed by atoms with Gasteiger partial charge in [0.25, 0.3) is 0 Å².